The van der Waals surface area contributed by atoms with Gasteiger partial charge in [-0.1, -0.05) is 13.8 Å². The number of hydrogen-bond donors (Lipinski definition) is 0. The first kappa shape index (κ1) is 17.9. The molecule has 0 spiro atoms. The van der Waals surface area contributed by atoms with Crippen molar-refractivity contribution >= 4 is 26.7 Å². The Hall–Kier alpha value is -1.89. The highest BCUT2D eigenvalue weighted by Gasteiger charge is 2.36. The number of nitrogens with zero attached hydrogens (tertiary/aromatic N) is 1. The van der Waals surface area contributed by atoms with Gasteiger partial charge in [0.15, 0.2) is 15.6 Å². The van der Waals surface area contributed by atoms with E-state index in [4.69, 9.17) is 4.42 Å². The number of carbonyl (C=O) groups excluding carboxylic acids is 1. The molecule has 25 heavy (non-hydrogen) atoms. The van der Waals surface area contributed by atoms with Gasteiger partial charge in [0.2, 0.25) is 0 Å². The van der Waals surface area contributed by atoms with Gasteiger partial charge in [-0.05, 0) is 37.5 Å². The predicted molar refractivity (Wildman–Crippen MR) is 93.8 cm³/mol. The Morgan fingerprint density at radius 1 is 1.40 bits per heavy atom. The van der Waals surface area contributed by atoms with Crippen molar-refractivity contribution in [1.82, 2.24) is 4.90 Å². The minimum absolute atomic E-state index is 0.0145. The van der Waals surface area contributed by atoms with Gasteiger partial charge in [-0.15, -0.1) is 0 Å². The van der Waals surface area contributed by atoms with Gasteiger partial charge < -0.3 is 9.32 Å². The molecular weight excluding hydrogens is 345 g/mol. The predicted octanol–water partition coefficient (Wildman–Crippen LogP) is 3.17. The first-order chi connectivity index (χ1) is 11.7. The molecule has 0 unspecified atom stereocenters. The second kappa shape index (κ2) is 6.44. The zero-order chi connectivity index (χ0) is 18.4. The number of hydrogen-bond acceptors (Lipinski definition) is 4. The lowest BCUT2D eigenvalue weighted by atomic mass is 10.1. The van der Waals surface area contributed by atoms with E-state index in [9.17, 15) is 17.6 Å². The van der Waals surface area contributed by atoms with Gasteiger partial charge in [-0.2, -0.15) is 0 Å². The molecule has 7 heteroatoms. The van der Waals surface area contributed by atoms with Gasteiger partial charge in [0.05, 0.1) is 11.5 Å². The summed E-state index contributed by atoms with van der Waals surface area (Å²) < 4.78 is 42.8. The number of sulfone groups is 1. The molecular formula is C18H22FNO4S. The standard InChI is InChI=1S/C18H22FNO4S/c1-11(2)9-20(14-6-7-25(22,23)10-14)18(21)17-12(3)15-8-13(19)4-5-16(15)24-17/h4-5,8,11,14H,6-7,9-10H2,1-3H3/t14-/m0/s1. The maximum absolute atomic E-state index is 13.5. The van der Waals surface area contributed by atoms with Crippen LogP contribution in [0, 0.1) is 18.7 Å². The Balaban J connectivity index is 1.99. The van der Waals surface area contributed by atoms with Crippen molar-refractivity contribution in [3.63, 3.8) is 0 Å². The van der Waals surface area contributed by atoms with E-state index >= 15 is 0 Å². The number of carbonyl (C=O) groups is 1. The molecule has 0 N–H and O–H groups in total. The molecule has 1 fully saturated rings. The van der Waals surface area contributed by atoms with E-state index in [1.165, 1.54) is 18.2 Å². The van der Waals surface area contributed by atoms with Crippen molar-refractivity contribution < 1.29 is 22.0 Å². The van der Waals surface area contributed by atoms with Crippen LogP contribution in [0.2, 0.25) is 0 Å². The van der Waals surface area contributed by atoms with Crippen LogP contribution in [0.15, 0.2) is 22.6 Å². The van der Waals surface area contributed by atoms with Crippen LogP contribution in [0.5, 0.6) is 0 Å². The minimum atomic E-state index is -3.11. The highest BCUT2D eigenvalue weighted by molar-refractivity contribution is 7.91. The fraction of sp³-hybridized carbons (Fsp3) is 0.500. The molecule has 5 nitrogen and oxygen atoms in total. The quantitative estimate of drug-likeness (QED) is 0.832. The van der Waals surface area contributed by atoms with E-state index in [-0.39, 0.29) is 35.1 Å². The third-order valence-electron chi connectivity index (χ3n) is 4.56. The summed E-state index contributed by atoms with van der Waals surface area (Å²) >= 11 is 0. The maximum atomic E-state index is 13.5. The SMILES string of the molecule is Cc1c(C(=O)N(CC(C)C)[C@H]2CCS(=O)(=O)C2)oc2ccc(F)cc12. The van der Waals surface area contributed by atoms with E-state index in [0.717, 1.165) is 0 Å². The molecule has 1 aliphatic heterocycles. The van der Waals surface area contributed by atoms with E-state index in [1.54, 1.807) is 11.8 Å². The Kier molecular flexibility index (Phi) is 4.62. The van der Waals surface area contributed by atoms with Crippen LogP contribution in [-0.4, -0.2) is 43.3 Å². The Morgan fingerprint density at radius 3 is 2.72 bits per heavy atom. The van der Waals surface area contributed by atoms with Crippen molar-refractivity contribution in [3.05, 3.63) is 35.3 Å². The van der Waals surface area contributed by atoms with E-state index in [1.807, 2.05) is 13.8 Å². The highest BCUT2D eigenvalue weighted by Crippen LogP contribution is 2.29. The molecule has 1 amide bonds. The first-order valence-corrected chi connectivity index (χ1v) is 10.2. The Labute approximate surface area is 146 Å². The van der Waals surface area contributed by atoms with Crippen LogP contribution >= 0.6 is 0 Å². The molecule has 0 aliphatic carbocycles. The molecule has 2 heterocycles. The van der Waals surface area contributed by atoms with Crippen molar-refractivity contribution in [1.29, 1.82) is 0 Å². The van der Waals surface area contributed by atoms with Gasteiger partial charge in [0.25, 0.3) is 5.91 Å². The fourth-order valence-electron chi connectivity index (χ4n) is 3.34. The van der Waals surface area contributed by atoms with Gasteiger partial charge in [0.1, 0.15) is 11.4 Å². The average Bonchev–Trinajstić information content (AvgIpc) is 3.04. The van der Waals surface area contributed by atoms with Crippen molar-refractivity contribution in [3.8, 4) is 0 Å². The summed E-state index contributed by atoms with van der Waals surface area (Å²) in [6, 6.07) is 3.79. The van der Waals surface area contributed by atoms with Crippen LogP contribution in [0.4, 0.5) is 4.39 Å². The summed E-state index contributed by atoms with van der Waals surface area (Å²) in [7, 11) is -3.11. The monoisotopic (exact) mass is 367 g/mol. The number of fused-ring (bicyclic) bond motifs is 1. The van der Waals surface area contributed by atoms with E-state index in [0.29, 0.717) is 29.5 Å². The lowest BCUT2D eigenvalue weighted by molar-refractivity contribution is 0.0641. The number of halogens is 1. The normalized spacial score (nSPS) is 19.6. The van der Waals surface area contributed by atoms with Gasteiger partial charge in [0, 0.05) is 23.5 Å². The average molecular weight is 367 g/mol. The summed E-state index contributed by atoms with van der Waals surface area (Å²) in [5.74, 6) is -0.287. The largest absolute Gasteiger partial charge is 0.451 e. The van der Waals surface area contributed by atoms with Crippen LogP contribution in [0.25, 0.3) is 11.0 Å². The van der Waals surface area contributed by atoms with Gasteiger partial charge in [-0.3, -0.25) is 4.79 Å². The van der Waals surface area contributed by atoms with Crippen molar-refractivity contribution in [2.24, 2.45) is 5.92 Å². The molecule has 1 aliphatic rings. The lowest BCUT2D eigenvalue weighted by Gasteiger charge is -2.29. The molecule has 0 bridgehead atoms. The Morgan fingerprint density at radius 2 is 2.12 bits per heavy atom. The zero-order valence-electron chi connectivity index (χ0n) is 14.6. The summed E-state index contributed by atoms with van der Waals surface area (Å²) in [6.45, 7) is 6.12. The summed E-state index contributed by atoms with van der Waals surface area (Å²) in [5, 5.41) is 0.562. The van der Waals surface area contributed by atoms with Crippen molar-refractivity contribution in [2.45, 2.75) is 33.2 Å². The minimum Gasteiger partial charge on any atom is -0.451 e. The van der Waals surface area contributed by atoms with Crippen LogP contribution in [-0.2, 0) is 9.84 Å². The zero-order valence-corrected chi connectivity index (χ0v) is 15.4. The third-order valence-corrected chi connectivity index (χ3v) is 6.31. The van der Waals surface area contributed by atoms with E-state index in [2.05, 4.69) is 0 Å². The summed E-state index contributed by atoms with van der Waals surface area (Å²) in [6.07, 6.45) is 0.439. The molecule has 0 radical (unpaired) electrons. The lowest BCUT2D eigenvalue weighted by Crippen LogP contribution is -2.43. The smallest absolute Gasteiger partial charge is 0.290 e. The molecule has 136 valence electrons. The summed E-state index contributed by atoms with van der Waals surface area (Å²) in [4.78, 5) is 14.7. The Bertz CT molecular complexity index is 917. The van der Waals surface area contributed by atoms with Crippen LogP contribution in [0.3, 0.4) is 0 Å². The second-order valence-corrected chi connectivity index (χ2v) is 9.33. The number of rotatable bonds is 4. The topological polar surface area (TPSA) is 67.6 Å². The molecule has 1 atom stereocenters. The fourth-order valence-corrected chi connectivity index (χ4v) is 5.07. The highest BCUT2D eigenvalue weighted by atomic mass is 32.2. The maximum Gasteiger partial charge on any atom is 0.290 e. The summed E-state index contributed by atoms with van der Waals surface area (Å²) in [5.41, 5.74) is 1.03. The molecule has 1 aromatic heterocycles. The van der Waals surface area contributed by atoms with Gasteiger partial charge >= 0.3 is 0 Å². The molecule has 0 saturated carbocycles. The van der Waals surface area contributed by atoms with Gasteiger partial charge in [-0.25, -0.2) is 12.8 Å². The van der Waals surface area contributed by atoms with E-state index < -0.39 is 15.7 Å². The number of furan rings is 1. The van der Waals surface area contributed by atoms with Crippen LogP contribution in [0.1, 0.15) is 36.4 Å². The number of amides is 1. The molecule has 1 saturated heterocycles. The third kappa shape index (κ3) is 3.56. The van der Waals surface area contributed by atoms with Crippen molar-refractivity contribution in [2.75, 3.05) is 18.1 Å². The second-order valence-electron chi connectivity index (χ2n) is 7.10. The first-order valence-electron chi connectivity index (χ1n) is 8.38. The number of aryl methyl sites for hydroxylation is 1. The van der Waals surface area contributed by atoms with Crippen LogP contribution < -0.4 is 0 Å². The molecule has 2 aromatic rings. The molecule has 1 aromatic carbocycles. The number of benzene rings is 1. The molecule has 3 rings (SSSR count).